The second-order valence-electron chi connectivity index (χ2n) is 4.13. The number of carbonyl (C=O) groups is 2. The van der Waals surface area contributed by atoms with Gasteiger partial charge in [-0.05, 0) is 37.8 Å². The maximum Gasteiger partial charge on any atom is 0.163 e. The molecule has 0 unspecified atom stereocenters. The van der Waals surface area contributed by atoms with Gasteiger partial charge in [0, 0.05) is 11.8 Å². The quantitative estimate of drug-likeness (QED) is 0.548. The molecule has 0 aromatic rings. The molecule has 0 heterocycles. The Kier molecular flexibility index (Phi) is 2.14. The minimum Gasteiger partial charge on any atom is -0.294 e. The van der Waals surface area contributed by atoms with Gasteiger partial charge in [-0.1, -0.05) is 12.2 Å². The molecule has 2 heteroatoms. The van der Waals surface area contributed by atoms with Crippen molar-refractivity contribution in [1.29, 1.82) is 0 Å². The Hall–Kier alpha value is -1.18. The average Bonchev–Trinajstić information content (AvgIpc) is 2.23. The van der Waals surface area contributed by atoms with E-state index in [1.54, 1.807) is 13.8 Å². The molecule has 2 atom stereocenters. The zero-order valence-corrected chi connectivity index (χ0v) is 8.54. The summed E-state index contributed by atoms with van der Waals surface area (Å²) in [5, 5.41) is 0. The van der Waals surface area contributed by atoms with Crippen LogP contribution >= 0.6 is 0 Å². The van der Waals surface area contributed by atoms with Crippen LogP contribution in [0.5, 0.6) is 0 Å². The second kappa shape index (κ2) is 3.19. The van der Waals surface area contributed by atoms with Crippen molar-refractivity contribution in [2.24, 2.45) is 11.8 Å². The lowest BCUT2D eigenvalue weighted by atomic mass is 9.70. The van der Waals surface area contributed by atoms with Crippen molar-refractivity contribution in [3.8, 4) is 0 Å². The minimum atomic E-state index is -0.0730. The Balaban J connectivity index is 2.44. The summed E-state index contributed by atoms with van der Waals surface area (Å²) in [4.78, 5) is 23.7. The number of Topliss-reactive ketones (excluding diaryl/α,β-unsaturated/α-hetero) is 2. The van der Waals surface area contributed by atoms with Crippen LogP contribution < -0.4 is 0 Å². The molecule has 0 saturated carbocycles. The van der Waals surface area contributed by atoms with Crippen molar-refractivity contribution in [2.75, 3.05) is 0 Å². The first-order valence-corrected chi connectivity index (χ1v) is 5.04. The number of carbonyl (C=O) groups excluding carboxylic acids is 2. The highest BCUT2D eigenvalue weighted by Crippen LogP contribution is 2.35. The lowest BCUT2D eigenvalue weighted by molar-refractivity contribution is -0.130. The Morgan fingerprint density at radius 3 is 1.64 bits per heavy atom. The van der Waals surface area contributed by atoms with Crippen molar-refractivity contribution in [3.05, 3.63) is 23.3 Å². The third-order valence-corrected chi connectivity index (χ3v) is 3.41. The van der Waals surface area contributed by atoms with Gasteiger partial charge in [0.05, 0.1) is 0 Å². The standard InChI is InChI=1S/C12H14O2/c1-7-8(2)12(14)10-6-4-3-5-9(10)11(7)13/h3-4,9-10H,5-6H2,1-2H3/t9-,10+. The van der Waals surface area contributed by atoms with E-state index in [0.29, 0.717) is 11.1 Å². The lowest BCUT2D eigenvalue weighted by Gasteiger charge is -2.31. The van der Waals surface area contributed by atoms with E-state index in [2.05, 4.69) is 0 Å². The molecule has 0 amide bonds. The highest BCUT2D eigenvalue weighted by Gasteiger charge is 2.39. The Morgan fingerprint density at radius 1 is 0.929 bits per heavy atom. The number of allylic oxidation sites excluding steroid dienone is 4. The molecule has 2 aliphatic rings. The average molecular weight is 190 g/mol. The Morgan fingerprint density at radius 2 is 1.29 bits per heavy atom. The minimum absolute atomic E-state index is 0.0730. The predicted octanol–water partition coefficient (Wildman–Crippen LogP) is 2.06. The summed E-state index contributed by atoms with van der Waals surface area (Å²) in [6, 6.07) is 0. The van der Waals surface area contributed by atoms with Gasteiger partial charge in [0.25, 0.3) is 0 Å². The van der Waals surface area contributed by atoms with Gasteiger partial charge < -0.3 is 0 Å². The molecule has 14 heavy (non-hydrogen) atoms. The summed E-state index contributed by atoms with van der Waals surface area (Å²) < 4.78 is 0. The van der Waals surface area contributed by atoms with Crippen molar-refractivity contribution >= 4 is 11.6 Å². The molecule has 0 fully saturated rings. The number of fused-ring (bicyclic) bond motifs is 1. The third kappa shape index (κ3) is 1.17. The number of ketones is 2. The first-order valence-electron chi connectivity index (χ1n) is 5.04. The van der Waals surface area contributed by atoms with Gasteiger partial charge in [0.1, 0.15) is 0 Å². The van der Waals surface area contributed by atoms with E-state index >= 15 is 0 Å². The van der Waals surface area contributed by atoms with Crippen LogP contribution in [0.25, 0.3) is 0 Å². The highest BCUT2D eigenvalue weighted by molar-refractivity contribution is 6.13. The van der Waals surface area contributed by atoms with Gasteiger partial charge in [0.2, 0.25) is 0 Å². The van der Waals surface area contributed by atoms with Crippen LogP contribution in [0, 0.1) is 11.8 Å². The largest absolute Gasteiger partial charge is 0.294 e. The van der Waals surface area contributed by atoms with Crippen molar-refractivity contribution in [2.45, 2.75) is 26.7 Å². The van der Waals surface area contributed by atoms with E-state index in [1.165, 1.54) is 0 Å². The van der Waals surface area contributed by atoms with E-state index < -0.39 is 0 Å². The normalized spacial score (nSPS) is 32.1. The fraction of sp³-hybridized carbons (Fsp3) is 0.500. The number of rotatable bonds is 0. The Labute approximate surface area is 83.7 Å². The van der Waals surface area contributed by atoms with Crippen LogP contribution in [0.3, 0.4) is 0 Å². The van der Waals surface area contributed by atoms with Crippen molar-refractivity contribution < 1.29 is 9.59 Å². The van der Waals surface area contributed by atoms with Crippen LogP contribution in [0.4, 0.5) is 0 Å². The molecule has 0 aromatic carbocycles. The summed E-state index contributed by atoms with van der Waals surface area (Å²) in [5.41, 5.74) is 1.35. The molecule has 0 spiro atoms. The van der Waals surface area contributed by atoms with Crippen molar-refractivity contribution in [3.63, 3.8) is 0 Å². The van der Waals surface area contributed by atoms with Crippen LogP contribution in [-0.4, -0.2) is 11.6 Å². The fourth-order valence-corrected chi connectivity index (χ4v) is 2.32. The van der Waals surface area contributed by atoms with Gasteiger partial charge in [0.15, 0.2) is 11.6 Å². The molecule has 0 saturated heterocycles. The zero-order chi connectivity index (χ0) is 10.3. The van der Waals surface area contributed by atoms with Crippen molar-refractivity contribution in [1.82, 2.24) is 0 Å². The molecule has 74 valence electrons. The van der Waals surface area contributed by atoms with E-state index in [1.807, 2.05) is 12.2 Å². The summed E-state index contributed by atoms with van der Waals surface area (Å²) in [6.07, 6.45) is 5.50. The van der Waals surface area contributed by atoms with Crippen LogP contribution in [0.15, 0.2) is 23.3 Å². The molecular formula is C12H14O2. The van der Waals surface area contributed by atoms with Gasteiger partial charge in [-0.15, -0.1) is 0 Å². The highest BCUT2D eigenvalue weighted by atomic mass is 16.1. The summed E-state index contributed by atoms with van der Waals surface area (Å²) in [5.74, 6) is 0.209. The zero-order valence-electron chi connectivity index (χ0n) is 8.54. The molecule has 2 aliphatic carbocycles. The van der Waals surface area contributed by atoms with Crippen LogP contribution in [-0.2, 0) is 9.59 Å². The molecular weight excluding hydrogens is 176 g/mol. The van der Waals surface area contributed by atoms with Crippen LogP contribution in [0.2, 0.25) is 0 Å². The number of hydrogen-bond acceptors (Lipinski definition) is 2. The van der Waals surface area contributed by atoms with Gasteiger partial charge in [-0.3, -0.25) is 9.59 Å². The molecule has 2 nitrogen and oxygen atoms in total. The third-order valence-electron chi connectivity index (χ3n) is 3.41. The van der Waals surface area contributed by atoms with Crippen LogP contribution in [0.1, 0.15) is 26.7 Å². The lowest BCUT2D eigenvalue weighted by Crippen LogP contribution is -2.37. The second-order valence-corrected chi connectivity index (χ2v) is 4.13. The maximum absolute atomic E-state index is 11.9. The van der Waals surface area contributed by atoms with Gasteiger partial charge in [-0.25, -0.2) is 0 Å². The van der Waals surface area contributed by atoms with E-state index in [9.17, 15) is 9.59 Å². The summed E-state index contributed by atoms with van der Waals surface area (Å²) in [7, 11) is 0. The molecule has 0 radical (unpaired) electrons. The summed E-state index contributed by atoms with van der Waals surface area (Å²) >= 11 is 0. The maximum atomic E-state index is 11.9. The SMILES string of the molecule is CC1=C(C)C(=O)[C@@H]2CC=CC[C@@H]2C1=O. The molecule has 0 N–H and O–H groups in total. The topological polar surface area (TPSA) is 34.1 Å². The van der Waals surface area contributed by atoms with E-state index in [4.69, 9.17) is 0 Å². The van der Waals surface area contributed by atoms with E-state index in [-0.39, 0.29) is 23.4 Å². The smallest absolute Gasteiger partial charge is 0.163 e. The number of hydrogen-bond donors (Lipinski definition) is 0. The molecule has 2 rings (SSSR count). The fourth-order valence-electron chi connectivity index (χ4n) is 2.32. The monoisotopic (exact) mass is 190 g/mol. The predicted molar refractivity (Wildman–Crippen MR) is 53.7 cm³/mol. The molecule has 0 aromatic heterocycles. The molecule has 0 aliphatic heterocycles. The Bertz CT molecular complexity index is 327. The first-order chi connectivity index (χ1) is 6.63. The van der Waals surface area contributed by atoms with Gasteiger partial charge in [-0.2, -0.15) is 0 Å². The molecule has 0 bridgehead atoms. The first kappa shape index (κ1) is 9.38. The van der Waals surface area contributed by atoms with E-state index in [0.717, 1.165) is 12.8 Å². The summed E-state index contributed by atoms with van der Waals surface area (Å²) in [6.45, 7) is 3.54. The van der Waals surface area contributed by atoms with Gasteiger partial charge >= 0.3 is 0 Å².